The van der Waals surface area contributed by atoms with E-state index in [1.807, 2.05) is 36.4 Å². The van der Waals surface area contributed by atoms with E-state index in [9.17, 15) is 18.3 Å². The molecule has 0 bridgehead atoms. The van der Waals surface area contributed by atoms with E-state index in [1.165, 1.54) is 6.07 Å². The molecule has 0 aliphatic heterocycles. The molecule has 1 atom stereocenters. The molecule has 0 aliphatic carbocycles. The van der Waals surface area contributed by atoms with E-state index in [2.05, 4.69) is 17.0 Å². The minimum absolute atomic E-state index is 0.0313. The molecule has 0 spiro atoms. The zero-order valence-corrected chi connectivity index (χ0v) is 18.8. The molecule has 168 valence electrons. The Morgan fingerprint density at radius 3 is 2.25 bits per heavy atom. The number of benzene rings is 3. The second-order valence-corrected chi connectivity index (χ2v) is 9.32. The van der Waals surface area contributed by atoms with Gasteiger partial charge < -0.3 is 10.4 Å². The molecular weight excluding hydrogens is 424 g/mol. The maximum atomic E-state index is 13.0. The molecule has 6 nitrogen and oxygen atoms in total. The average molecular weight is 453 g/mol. The van der Waals surface area contributed by atoms with E-state index in [0.717, 1.165) is 41.8 Å². The van der Waals surface area contributed by atoms with Gasteiger partial charge >= 0.3 is 5.97 Å². The minimum Gasteiger partial charge on any atom is -0.480 e. The summed E-state index contributed by atoms with van der Waals surface area (Å²) in [6.45, 7) is 3.77. The Labute approximate surface area is 189 Å². The number of carbonyl (C=O) groups is 1. The number of carboxylic acid groups (broad SMARTS) is 1. The molecule has 0 heterocycles. The Hall–Kier alpha value is -3.00. The highest BCUT2D eigenvalue weighted by Crippen LogP contribution is 2.24. The van der Waals surface area contributed by atoms with Gasteiger partial charge in [0.1, 0.15) is 6.04 Å². The van der Waals surface area contributed by atoms with Gasteiger partial charge in [-0.15, -0.1) is 0 Å². The second-order valence-electron chi connectivity index (χ2n) is 7.61. The Kier molecular flexibility index (Phi) is 8.16. The monoisotopic (exact) mass is 452 g/mol. The summed E-state index contributed by atoms with van der Waals surface area (Å²) < 4.78 is 28.3. The van der Waals surface area contributed by atoms with Crippen LogP contribution in [-0.2, 0) is 27.8 Å². The number of rotatable bonds is 11. The van der Waals surface area contributed by atoms with Crippen LogP contribution in [0.2, 0.25) is 0 Å². The molecule has 3 aromatic carbocycles. The molecule has 0 saturated carbocycles. The van der Waals surface area contributed by atoms with E-state index in [4.69, 9.17) is 0 Å². The number of aliphatic carboxylic acids is 1. The van der Waals surface area contributed by atoms with Gasteiger partial charge in [0.2, 0.25) is 10.0 Å². The van der Waals surface area contributed by atoms with Gasteiger partial charge in [-0.2, -0.15) is 4.72 Å². The molecule has 0 unspecified atom stereocenters. The van der Waals surface area contributed by atoms with Crippen LogP contribution < -0.4 is 10.0 Å². The van der Waals surface area contributed by atoms with Crippen molar-refractivity contribution in [2.45, 2.75) is 37.2 Å². The fourth-order valence-electron chi connectivity index (χ4n) is 3.40. The lowest BCUT2D eigenvalue weighted by Crippen LogP contribution is -2.42. The third kappa shape index (κ3) is 6.50. The maximum Gasteiger partial charge on any atom is 0.322 e. The van der Waals surface area contributed by atoms with Gasteiger partial charge in [-0.25, -0.2) is 8.42 Å². The van der Waals surface area contributed by atoms with Crippen LogP contribution in [0.3, 0.4) is 0 Å². The van der Waals surface area contributed by atoms with Gasteiger partial charge in [-0.3, -0.25) is 4.79 Å². The van der Waals surface area contributed by atoms with Gasteiger partial charge in [0.05, 0.1) is 4.90 Å². The van der Waals surface area contributed by atoms with Crippen LogP contribution in [-0.4, -0.2) is 32.1 Å². The molecule has 0 aliphatic rings. The summed E-state index contributed by atoms with van der Waals surface area (Å²) in [6.07, 6.45) is 1.11. The highest BCUT2D eigenvalue weighted by atomic mass is 32.2. The van der Waals surface area contributed by atoms with Crippen molar-refractivity contribution in [1.29, 1.82) is 0 Å². The molecular formula is C25H28N2O4S. The number of carboxylic acids is 1. The Balaban J connectivity index is 1.81. The van der Waals surface area contributed by atoms with Crippen molar-refractivity contribution >= 4 is 16.0 Å². The average Bonchev–Trinajstić information content (AvgIpc) is 2.80. The molecule has 7 heteroatoms. The zero-order chi connectivity index (χ0) is 23.0. The summed E-state index contributed by atoms with van der Waals surface area (Å²) in [5.74, 6) is -1.22. The first-order valence-corrected chi connectivity index (χ1v) is 12.1. The number of sulfonamides is 1. The molecule has 3 aromatic rings. The van der Waals surface area contributed by atoms with E-state index in [-0.39, 0.29) is 11.3 Å². The fourth-order valence-corrected chi connectivity index (χ4v) is 4.63. The Morgan fingerprint density at radius 1 is 0.906 bits per heavy atom. The van der Waals surface area contributed by atoms with Crippen molar-refractivity contribution in [3.63, 3.8) is 0 Å². The summed E-state index contributed by atoms with van der Waals surface area (Å²) in [6, 6.07) is 22.2. The summed E-state index contributed by atoms with van der Waals surface area (Å²) >= 11 is 0. The van der Waals surface area contributed by atoms with Crippen molar-refractivity contribution in [3.8, 4) is 11.1 Å². The first-order chi connectivity index (χ1) is 15.4. The lowest BCUT2D eigenvalue weighted by molar-refractivity contribution is -0.138. The zero-order valence-electron chi connectivity index (χ0n) is 18.0. The topological polar surface area (TPSA) is 95.5 Å². The van der Waals surface area contributed by atoms with Gasteiger partial charge in [-0.1, -0.05) is 67.6 Å². The molecule has 0 fully saturated rings. The summed E-state index contributed by atoms with van der Waals surface area (Å²) in [4.78, 5) is 11.7. The fraction of sp³-hybridized carbons (Fsp3) is 0.240. The molecule has 3 rings (SSSR count). The van der Waals surface area contributed by atoms with E-state index < -0.39 is 22.0 Å². The minimum atomic E-state index is -4.03. The van der Waals surface area contributed by atoms with Crippen molar-refractivity contribution in [2.24, 2.45) is 0 Å². The normalized spacial score (nSPS) is 12.4. The number of hydrogen-bond acceptors (Lipinski definition) is 4. The van der Waals surface area contributed by atoms with Crippen molar-refractivity contribution in [3.05, 3.63) is 90.0 Å². The van der Waals surface area contributed by atoms with E-state index in [1.54, 1.807) is 36.4 Å². The largest absolute Gasteiger partial charge is 0.480 e. The first-order valence-electron chi connectivity index (χ1n) is 10.6. The van der Waals surface area contributed by atoms with Gasteiger partial charge in [0.15, 0.2) is 0 Å². The highest BCUT2D eigenvalue weighted by Gasteiger charge is 2.26. The third-order valence-electron chi connectivity index (χ3n) is 5.04. The first kappa shape index (κ1) is 23.7. The molecule has 0 saturated heterocycles. The quantitative estimate of drug-likeness (QED) is 0.384. The van der Waals surface area contributed by atoms with Crippen molar-refractivity contribution in [2.75, 3.05) is 6.54 Å². The van der Waals surface area contributed by atoms with Crippen LogP contribution in [0.15, 0.2) is 83.8 Å². The highest BCUT2D eigenvalue weighted by molar-refractivity contribution is 7.89. The molecule has 32 heavy (non-hydrogen) atoms. The molecule has 0 amide bonds. The van der Waals surface area contributed by atoms with Crippen LogP contribution in [0.1, 0.15) is 24.5 Å². The van der Waals surface area contributed by atoms with Gasteiger partial charge in [-0.05, 0) is 59.8 Å². The van der Waals surface area contributed by atoms with Crippen LogP contribution in [0.25, 0.3) is 11.1 Å². The van der Waals surface area contributed by atoms with Crippen LogP contribution in [0.5, 0.6) is 0 Å². The SMILES string of the molecule is CCCNCc1cccc(-c2cccc(S(=O)(=O)N[C@H](Cc3ccccc3)C(=O)O)c2)c1. The van der Waals surface area contributed by atoms with Crippen molar-refractivity contribution < 1.29 is 18.3 Å². The van der Waals surface area contributed by atoms with Crippen LogP contribution in [0, 0.1) is 0 Å². The number of hydrogen-bond donors (Lipinski definition) is 3. The smallest absolute Gasteiger partial charge is 0.322 e. The van der Waals surface area contributed by atoms with E-state index in [0.29, 0.717) is 0 Å². The molecule has 0 aromatic heterocycles. The van der Waals surface area contributed by atoms with Crippen LogP contribution in [0.4, 0.5) is 0 Å². The van der Waals surface area contributed by atoms with E-state index >= 15 is 0 Å². The van der Waals surface area contributed by atoms with Crippen molar-refractivity contribution in [1.82, 2.24) is 10.0 Å². The third-order valence-corrected chi connectivity index (χ3v) is 6.51. The lowest BCUT2D eigenvalue weighted by Gasteiger charge is -2.15. The maximum absolute atomic E-state index is 13.0. The van der Waals surface area contributed by atoms with Crippen LogP contribution >= 0.6 is 0 Å². The molecule has 3 N–H and O–H groups in total. The van der Waals surface area contributed by atoms with Gasteiger partial charge in [0, 0.05) is 6.54 Å². The second kappa shape index (κ2) is 11.0. The summed E-state index contributed by atoms with van der Waals surface area (Å²) in [7, 11) is -4.03. The predicted molar refractivity (Wildman–Crippen MR) is 126 cm³/mol. The Bertz CT molecular complexity index is 1150. The number of nitrogens with one attached hydrogen (secondary N) is 2. The lowest BCUT2D eigenvalue weighted by atomic mass is 10.0. The van der Waals surface area contributed by atoms with Gasteiger partial charge in [0.25, 0.3) is 0 Å². The standard InChI is InChI=1S/C25H28N2O4S/c1-2-14-26-18-20-10-6-11-21(15-20)22-12-7-13-23(17-22)32(30,31)27-24(25(28)29)16-19-8-4-3-5-9-19/h3-13,15,17,24,26-27H,2,14,16,18H2,1H3,(H,28,29)/t24-/m1/s1. The summed E-state index contributed by atoms with van der Waals surface area (Å²) in [5, 5.41) is 12.9. The molecule has 0 radical (unpaired) electrons. The predicted octanol–water partition coefficient (Wildman–Crippen LogP) is 3.83. The summed E-state index contributed by atoms with van der Waals surface area (Å²) in [5.41, 5.74) is 3.50. The Morgan fingerprint density at radius 2 is 1.56 bits per heavy atom.